The van der Waals surface area contributed by atoms with Crippen molar-refractivity contribution in [1.29, 1.82) is 0 Å². The maximum absolute atomic E-state index is 13.3. The van der Waals surface area contributed by atoms with Crippen molar-refractivity contribution in [2.45, 2.75) is 62.8 Å². The summed E-state index contributed by atoms with van der Waals surface area (Å²) in [6.45, 7) is 2.60. The van der Waals surface area contributed by atoms with Crippen LogP contribution < -0.4 is 0 Å². The molecule has 0 radical (unpaired) electrons. The lowest BCUT2D eigenvalue weighted by atomic mass is 10.1. The van der Waals surface area contributed by atoms with Crippen LogP contribution in [0.3, 0.4) is 0 Å². The summed E-state index contributed by atoms with van der Waals surface area (Å²) in [4.78, 5) is 15.2. The van der Waals surface area contributed by atoms with E-state index in [1.165, 1.54) is 11.8 Å². The minimum atomic E-state index is -3.06. The van der Waals surface area contributed by atoms with Crippen molar-refractivity contribution >= 4 is 50.7 Å². The smallest absolute Gasteiger partial charge is 0.233 e. The van der Waals surface area contributed by atoms with Crippen molar-refractivity contribution in [3.63, 3.8) is 0 Å². The number of benzene rings is 1. The minimum Gasteiger partial charge on any atom is -0.335 e. The van der Waals surface area contributed by atoms with Gasteiger partial charge in [-0.1, -0.05) is 47.8 Å². The van der Waals surface area contributed by atoms with Gasteiger partial charge in [-0.05, 0) is 44.4 Å². The van der Waals surface area contributed by atoms with Crippen LogP contribution in [0.4, 0.5) is 0 Å². The van der Waals surface area contributed by atoms with Gasteiger partial charge in [0.1, 0.15) is 0 Å². The first-order chi connectivity index (χ1) is 15.3. The summed E-state index contributed by atoms with van der Waals surface area (Å²) in [5.74, 6) is 1.03. The molecule has 1 atom stereocenters. The molecule has 11 heteroatoms. The highest BCUT2D eigenvalue weighted by Gasteiger charge is 2.39. The Morgan fingerprint density at radius 3 is 2.56 bits per heavy atom. The van der Waals surface area contributed by atoms with E-state index < -0.39 is 9.84 Å². The number of hydrogen-bond donors (Lipinski definition) is 0. The highest BCUT2D eigenvalue weighted by molar-refractivity contribution is 7.99. The molecule has 1 aromatic carbocycles. The van der Waals surface area contributed by atoms with E-state index in [0.717, 1.165) is 31.2 Å². The molecule has 1 saturated heterocycles. The van der Waals surface area contributed by atoms with Crippen molar-refractivity contribution in [3.05, 3.63) is 28.2 Å². The molecule has 1 aliphatic carbocycles. The molecular formula is C21H26Cl2N4O3S2. The molecule has 0 N–H and O–H groups in total. The highest BCUT2D eigenvalue weighted by atomic mass is 35.5. The Hall–Kier alpha value is -1.29. The third-order valence-corrected chi connectivity index (χ3v) is 9.39. The summed E-state index contributed by atoms with van der Waals surface area (Å²) >= 11 is 13.7. The topological polar surface area (TPSA) is 85.2 Å². The standard InChI is InChI=1S/C21H26Cl2N4O3S2/c1-2-26-20(17-8-7-14(22)11-18(17)23)24-25-21(26)31-12-19(28)27(15-5-3-4-6-15)16-9-10-32(29,30)13-16/h7-8,11,15-16H,2-6,9-10,12-13H2,1H3/t16-/m0/s1. The van der Waals surface area contributed by atoms with E-state index in [4.69, 9.17) is 23.2 Å². The van der Waals surface area contributed by atoms with E-state index in [9.17, 15) is 13.2 Å². The van der Waals surface area contributed by atoms with Crippen LogP contribution in [0.1, 0.15) is 39.0 Å². The summed E-state index contributed by atoms with van der Waals surface area (Å²) < 4.78 is 26.0. The largest absolute Gasteiger partial charge is 0.335 e. The van der Waals surface area contributed by atoms with Crippen LogP contribution in [-0.4, -0.2) is 63.3 Å². The molecule has 4 rings (SSSR count). The molecule has 2 aliphatic rings. The van der Waals surface area contributed by atoms with E-state index in [1.54, 1.807) is 12.1 Å². The molecule has 7 nitrogen and oxygen atoms in total. The zero-order valence-electron chi connectivity index (χ0n) is 17.8. The second-order valence-electron chi connectivity index (χ2n) is 8.26. The predicted octanol–water partition coefficient (Wildman–Crippen LogP) is 4.32. The number of halogens is 2. The van der Waals surface area contributed by atoms with Gasteiger partial charge >= 0.3 is 0 Å². The van der Waals surface area contributed by atoms with Crippen molar-refractivity contribution < 1.29 is 13.2 Å². The van der Waals surface area contributed by atoms with E-state index >= 15 is 0 Å². The second kappa shape index (κ2) is 9.91. The Kier molecular flexibility index (Phi) is 7.39. The van der Waals surface area contributed by atoms with Gasteiger partial charge in [0.2, 0.25) is 5.91 Å². The number of rotatable bonds is 7. The maximum Gasteiger partial charge on any atom is 0.233 e. The van der Waals surface area contributed by atoms with Crippen LogP contribution in [0.5, 0.6) is 0 Å². The van der Waals surface area contributed by atoms with Crippen molar-refractivity contribution in [3.8, 4) is 11.4 Å². The molecule has 1 amide bonds. The normalized spacial score (nSPS) is 20.7. The van der Waals surface area contributed by atoms with Crippen LogP contribution in [-0.2, 0) is 21.2 Å². The Morgan fingerprint density at radius 2 is 1.94 bits per heavy atom. The Morgan fingerprint density at radius 1 is 1.19 bits per heavy atom. The lowest BCUT2D eigenvalue weighted by Crippen LogP contribution is -2.47. The Balaban J connectivity index is 1.51. The summed E-state index contributed by atoms with van der Waals surface area (Å²) in [5, 5.41) is 10.3. The third kappa shape index (κ3) is 5.11. The molecular weight excluding hydrogens is 491 g/mol. The average Bonchev–Trinajstić information content (AvgIpc) is 3.47. The number of thioether (sulfide) groups is 1. The Labute approximate surface area is 202 Å². The highest BCUT2D eigenvalue weighted by Crippen LogP contribution is 2.33. The van der Waals surface area contributed by atoms with Gasteiger partial charge in [0.15, 0.2) is 20.8 Å². The van der Waals surface area contributed by atoms with Gasteiger partial charge < -0.3 is 9.47 Å². The van der Waals surface area contributed by atoms with Gasteiger partial charge in [-0.3, -0.25) is 4.79 Å². The van der Waals surface area contributed by atoms with E-state index in [-0.39, 0.29) is 35.2 Å². The summed E-state index contributed by atoms with van der Waals surface area (Å²) in [6, 6.07) is 5.14. The fourth-order valence-corrected chi connectivity index (χ4v) is 7.71. The van der Waals surface area contributed by atoms with E-state index in [0.29, 0.717) is 34.0 Å². The molecule has 0 unspecified atom stereocenters. The average molecular weight is 518 g/mol. The predicted molar refractivity (Wildman–Crippen MR) is 128 cm³/mol. The molecule has 174 valence electrons. The van der Waals surface area contributed by atoms with Crippen LogP contribution in [0, 0.1) is 0 Å². The fraction of sp³-hybridized carbons (Fsp3) is 0.571. The number of hydrogen-bond acceptors (Lipinski definition) is 6. The number of sulfone groups is 1. The van der Waals surface area contributed by atoms with Gasteiger partial charge in [-0.15, -0.1) is 10.2 Å². The zero-order chi connectivity index (χ0) is 22.9. The molecule has 32 heavy (non-hydrogen) atoms. The summed E-state index contributed by atoms with van der Waals surface area (Å²) in [5.41, 5.74) is 0.729. The molecule has 1 saturated carbocycles. The number of carbonyl (C=O) groups is 1. The first-order valence-electron chi connectivity index (χ1n) is 10.8. The van der Waals surface area contributed by atoms with Crippen molar-refractivity contribution in [2.75, 3.05) is 17.3 Å². The van der Waals surface area contributed by atoms with Gasteiger partial charge in [-0.2, -0.15) is 0 Å². The number of carbonyl (C=O) groups excluding carboxylic acids is 1. The molecule has 0 bridgehead atoms. The first-order valence-corrected chi connectivity index (χ1v) is 14.4. The van der Waals surface area contributed by atoms with E-state index in [2.05, 4.69) is 10.2 Å². The minimum absolute atomic E-state index is 0.0271. The van der Waals surface area contributed by atoms with Crippen LogP contribution in [0.2, 0.25) is 10.0 Å². The number of amides is 1. The maximum atomic E-state index is 13.3. The second-order valence-corrected chi connectivity index (χ2v) is 12.3. The SMILES string of the molecule is CCn1c(SCC(=O)N(C2CCCC2)[C@H]2CCS(=O)(=O)C2)nnc1-c1ccc(Cl)cc1Cl. The van der Waals surface area contributed by atoms with Crippen molar-refractivity contribution in [1.82, 2.24) is 19.7 Å². The summed E-state index contributed by atoms with van der Waals surface area (Å²) in [7, 11) is -3.06. The lowest BCUT2D eigenvalue weighted by Gasteiger charge is -2.34. The number of nitrogens with zero attached hydrogens (tertiary/aromatic N) is 4. The molecule has 0 spiro atoms. The van der Waals surface area contributed by atoms with Crippen LogP contribution in [0.15, 0.2) is 23.4 Å². The first kappa shape index (κ1) is 23.9. The van der Waals surface area contributed by atoms with E-state index in [1.807, 2.05) is 22.5 Å². The summed E-state index contributed by atoms with van der Waals surface area (Å²) in [6.07, 6.45) is 4.57. The van der Waals surface area contributed by atoms with Gasteiger partial charge in [-0.25, -0.2) is 8.42 Å². The fourth-order valence-electron chi connectivity index (χ4n) is 4.63. The zero-order valence-corrected chi connectivity index (χ0v) is 21.0. The van der Waals surface area contributed by atoms with Gasteiger partial charge in [0.25, 0.3) is 0 Å². The third-order valence-electron chi connectivity index (χ3n) is 6.14. The van der Waals surface area contributed by atoms with Crippen LogP contribution in [0.25, 0.3) is 11.4 Å². The van der Waals surface area contributed by atoms with Gasteiger partial charge in [0, 0.05) is 29.2 Å². The number of aromatic nitrogens is 3. The Bertz CT molecular complexity index is 1100. The molecule has 2 heterocycles. The lowest BCUT2D eigenvalue weighted by molar-refractivity contribution is -0.132. The van der Waals surface area contributed by atoms with Crippen molar-refractivity contribution in [2.24, 2.45) is 0 Å². The molecule has 1 aliphatic heterocycles. The monoisotopic (exact) mass is 516 g/mol. The van der Waals surface area contributed by atoms with Gasteiger partial charge in [0.05, 0.1) is 22.3 Å². The quantitative estimate of drug-likeness (QED) is 0.509. The molecule has 2 aromatic rings. The molecule has 2 fully saturated rings. The van der Waals surface area contributed by atoms with Crippen LogP contribution >= 0.6 is 35.0 Å². The molecule has 1 aromatic heterocycles.